The van der Waals surface area contributed by atoms with Crippen LogP contribution in [0.1, 0.15) is 26.7 Å². The standard InChI is InChI=1S/C21H35N5O2.HI/c1-4-17(5-2)19(26-11-13-28-14-12-26)15-23-21(22-3)24-16-20(27)25-18-9-7-6-8-10-18;/h6-10,17,19H,4-5,11-16H2,1-3H3,(H,25,27)(H2,22,23,24);1H. The molecule has 0 spiro atoms. The molecule has 1 amide bonds. The quantitative estimate of drug-likeness (QED) is 0.267. The molecule has 1 aromatic carbocycles. The summed E-state index contributed by atoms with van der Waals surface area (Å²) in [5, 5.41) is 9.39. The molecular formula is C21H36IN5O2. The van der Waals surface area contributed by atoms with Gasteiger partial charge in [-0.25, -0.2) is 0 Å². The Balaban J connectivity index is 0.00000420. The lowest BCUT2D eigenvalue weighted by Crippen LogP contribution is -2.53. The number of hydrogen-bond donors (Lipinski definition) is 3. The van der Waals surface area contributed by atoms with Crippen LogP contribution < -0.4 is 16.0 Å². The third-order valence-corrected chi connectivity index (χ3v) is 5.28. The van der Waals surface area contributed by atoms with Gasteiger partial charge in [0.25, 0.3) is 0 Å². The van der Waals surface area contributed by atoms with Crippen LogP contribution >= 0.6 is 24.0 Å². The molecular weight excluding hydrogens is 481 g/mol. The average molecular weight is 517 g/mol. The Morgan fingerprint density at radius 2 is 1.79 bits per heavy atom. The van der Waals surface area contributed by atoms with Gasteiger partial charge in [0.1, 0.15) is 0 Å². The molecule has 1 atom stereocenters. The van der Waals surface area contributed by atoms with Crippen LogP contribution in [0.25, 0.3) is 0 Å². The SMILES string of the molecule is CCC(CC)C(CNC(=NC)NCC(=O)Nc1ccccc1)N1CCOCC1.I. The van der Waals surface area contributed by atoms with E-state index in [-0.39, 0.29) is 36.4 Å². The zero-order valence-corrected chi connectivity index (χ0v) is 20.1. The molecule has 1 aliphatic rings. The minimum atomic E-state index is -0.0983. The number of rotatable bonds is 9. The van der Waals surface area contributed by atoms with Gasteiger partial charge in [-0.2, -0.15) is 0 Å². The van der Waals surface area contributed by atoms with Crippen molar-refractivity contribution in [2.24, 2.45) is 10.9 Å². The minimum Gasteiger partial charge on any atom is -0.379 e. The highest BCUT2D eigenvalue weighted by Crippen LogP contribution is 2.19. The topological polar surface area (TPSA) is 78.0 Å². The van der Waals surface area contributed by atoms with Crippen LogP contribution in [-0.4, -0.2) is 69.2 Å². The van der Waals surface area contributed by atoms with E-state index in [9.17, 15) is 4.79 Å². The van der Waals surface area contributed by atoms with Crippen molar-refractivity contribution < 1.29 is 9.53 Å². The molecule has 29 heavy (non-hydrogen) atoms. The Bertz CT molecular complexity index is 604. The van der Waals surface area contributed by atoms with Crippen molar-refractivity contribution >= 4 is 41.5 Å². The van der Waals surface area contributed by atoms with Crippen molar-refractivity contribution in [1.29, 1.82) is 0 Å². The predicted molar refractivity (Wildman–Crippen MR) is 130 cm³/mol. The normalized spacial score (nSPS) is 16.1. The number of morpholine rings is 1. The van der Waals surface area contributed by atoms with Gasteiger partial charge < -0.3 is 20.7 Å². The summed E-state index contributed by atoms with van der Waals surface area (Å²) >= 11 is 0. The molecule has 0 saturated carbocycles. The maximum Gasteiger partial charge on any atom is 0.243 e. The van der Waals surface area contributed by atoms with Crippen LogP contribution in [0.4, 0.5) is 5.69 Å². The van der Waals surface area contributed by atoms with Crippen LogP contribution in [0.15, 0.2) is 35.3 Å². The van der Waals surface area contributed by atoms with Gasteiger partial charge in [0.15, 0.2) is 5.96 Å². The van der Waals surface area contributed by atoms with E-state index in [4.69, 9.17) is 4.74 Å². The highest BCUT2D eigenvalue weighted by Gasteiger charge is 2.27. The number of benzene rings is 1. The predicted octanol–water partition coefficient (Wildman–Crippen LogP) is 2.55. The first-order chi connectivity index (χ1) is 13.7. The maximum absolute atomic E-state index is 12.1. The molecule has 1 heterocycles. The van der Waals surface area contributed by atoms with Gasteiger partial charge in [0.2, 0.25) is 5.91 Å². The Kier molecular flexibility index (Phi) is 12.9. The van der Waals surface area contributed by atoms with Gasteiger partial charge in [-0.1, -0.05) is 44.9 Å². The molecule has 1 fully saturated rings. The van der Waals surface area contributed by atoms with Crippen LogP contribution in [0, 0.1) is 5.92 Å². The monoisotopic (exact) mass is 517 g/mol. The number of nitrogens with zero attached hydrogens (tertiary/aromatic N) is 2. The van der Waals surface area contributed by atoms with Crippen molar-refractivity contribution in [3.05, 3.63) is 30.3 Å². The molecule has 1 aromatic rings. The fraction of sp³-hybridized carbons (Fsp3) is 0.619. The van der Waals surface area contributed by atoms with E-state index in [1.165, 1.54) is 0 Å². The second kappa shape index (κ2) is 14.6. The Morgan fingerprint density at radius 1 is 1.14 bits per heavy atom. The number of nitrogens with one attached hydrogen (secondary N) is 3. The van der Waals surface area contributed by atoms with Crippen molar-refractivity contribution in [3.8, 4) is 0 Å². The number of aliphatic imine (C=N–C) groups is 1. The average Bonchev–Trinajstić information content (AvgIpc) is 2.74. The first-order valence-electron chi connectivity index (χ1n) is 10.3. The van der Waals surface area contributed by atoms with Gasteiger partial charge in [0, 0.05) is 38.4 Å². The lowest BCUT2D eigenvalue weighted by molar-refractivity contribution is -0.115. The first kappa shape index (κ1) is 25.6. The lowest BCUT2D eigenvalue weighted by Gasteiger charge is -2.39. The highest BCUT2D eigenvalue weighted by atomic mass is 127. The molecule has 0 bridgehead atoms. The zero-order chi connectivity index (χ0) is 20.2. The Labute approximate surface area is 192 Å². The third-order valence-electron chi connectivity index (χ3n) is 5.28. The summed E-state index contributed by atoms with van der Waals surface area (Å²) < 4.78 is 5.51. The zero-order valence-electron chi connectivity index (χ0n) is 17.8. The summed E-state index contributed by atoms with van der Waals surface area (Å²) in [5.41, 5.74) is 0.790. The minimum absolute atomic E-state index is 0. The largest absolute Gasteiger partial charge is 0.379 e. The molecule has 1 saturated heterocycles. The summed E-state index contributed by atoms with van der Waals surface area (Å²) in [6, 6.07) is 9.88. The number of guanidine groups is 1. The second-order valence-electron chi connectivity index (χ2n) is 7.01. The van der Waals surface area contributed by atoms with Crippen molar-refractivity contribution in [2.75, 3.05) is 51.8 Å². The van der Waals surface area contributed by atoms with Crippen LogP contribution in [-0.2, 0) is 9.53 Å². The third kappa shape index (κ3) is 8.88. The van der Waals surface area contributed by atoms with Crippen LogP contribution in [0.2, 0.25) is 0 Å². The summed E-state index contributed by atoms with van der Waals surface area (Å²) in [6.45, 7) is 8.99. The van der Waals surface area contributed by atoms with Crippen molar-refractivity contribution in [2.45, 2.75) is 32.7 Å². The van der Waals surface area contributed by atoms with E-state index in [0.717, 1.165) is 51.4 Å². The summed E-state index contributed by atoms with van der Waals surface area (Å²) in [7, 11) is 1.73. The van der Waals surface area contributed by atoms with Crippen molar-refractivity contribution in [3.63, 3.8) is 0 Å². The number of carbonyl (C=O) groups is 1. The van der Waals surface area contributed by atoms with Crippen LogP contribution in [0.3, 0.4) is 0 Å². The maximum atomic E-state index is 12.1. The molecule has 164 valence electrons. The lowest BCUT2D eigenvalue weighted by atomic mass is 9.92. The second-order valence-corrected chi connectivity index (χ2v) is 7.01. The fourth-order valence-corrected chi connectivity index (χ4v) is 3.65. The number of ether oxygens (including phenoxy) is 1. The highest BCUT2D eigenvalue weighted by molar-refractivity contribution is 14.0. The van der Waals surface area contributed by atoms with Gasteiger partial charge in [0.05, 0.1) is 19.8 Å². The van der Waals surface area contributed by atoms with Crippen molar-refractivity contribution in [1.82, 2.24) is 15.5 Å². The van der Waals surface area contributed by atoms with Gasteiger partial charge >= 0.3 is 0 Å². The van der Waals surface area contributed by atoms with Gasteiger partial charge in [-0.15, -0.1) is 24.0 Å². The molecule has 3 N–H and O–H groups in total. The number of carbonyl (C=O) groups excluding carboxylic acids is 1. The smallest absolute Gasteiger partial charge is 0.243 e. The molecule has 7 nitrogen and oxygen atoms in total. The van der Waals surface area contributed by atoms with E-state index < -0.39 is 0 Å². The van der Waals surface area contributed by atoms with Gasteiger partial charge in [-0.05, 0) is 18.1 Å². The summed E-state index contributed by atoms with van der Waals surface area (Å²) in [4.78, 5) is 18.9. The number of hydrogen-bond acceptors (Lipinski definition) is 4. The summed E-state index contributed by atoms with van der Waals surface area (Å²) in [6.07, 6.45) is 2.29. The molecule has 8 heteroatoms. The Morgan fingerprint density at radius 3 is 2.38 bits per heavy atom. The van der Waals surface area contributed by atoms with E-state index in [0.29, 0.717) is 17.9 Å². The van der Waals surface area contributed by atoms with E-state index in [1.807, 2.05) is 30.3 Å². The molecule has 1 unspecified atom stereocenters. The molecule has 1 aliphatic heterocycles. The molecule has 0 radical (unpaired) electrons. The Hall–Kier alpha value is -1.39. The van der Waals surface area contributed by atoms with Crippen LogP contribution in [0.5, 0.6) is 0 Å². The fourth-order valence-electron chi connectivity index (χ4n) is 3.65. The number of halogens is 1. The number of para-hydroxylation sites is 1. The number of anilines is 1. The number of amides is 1. The first-order valence-corrected chi connectivity index (χ1v) is 10.3. The molecule has 0 aliphatic carbocycles. The molecule has 0 aromatic heterocycles. The molecule has 2 rings (SSSR count). The summed E-state index contributed by atoms with van der Waals surface area (Å²) in [5.74, 6) is 1.16. The van der Waals surface area contributed by atoms with E-state index in [1.54, 1.807) is 7.05 Å². The van der Waals surface area contributed by atoms with Gasteiger partial charge in [-0.3, -0.25) is 14.7 Å². The van der Waals surface area contributed by atoms with E-state index in [2.05, 4.69) is 39.7 Å². The van der Waals surface area contributed by atoms with E-state index >= 15 is 0 Å².